The molecule has 1 unspecified atom stereocenters. The van der Waals surface area contributed by atoms with Crippen molar-refractivity contribution in [3.8, 4) is 0 Å². The Balaban J connectivity index is 0.00000180. The van der Waals surface area contributed by atoms with Crippen LogP contribution in [0.25, 0.3) is 0 Å². The first-order chi connectivity index (χ1) is 8.65. The van der Waals surface area contributed by atoms with E-state index in [2.05, 4.69) is 29.1 Å². The number of aliphatic imine (C=N–C) groups is 1. The lowest BCUT2D eigenvalue weighted by Crippen LogP contribution is -2.42. The lowest BCUT2D eigenvalue weighted by Gasteiger charge is -2.25. The molecule has 0 aliphatic carbocycles. The van der Waals surface area contributed by atoms with Gasteiger partial charge in [0.25, 0.3) is 0 Å². The monoisotopic (exact) mass is 381 g/mol. The average Bonchev–Trinajstić information content (AvgIpc) is 2.96. The Hall–Kier alpha value is -0.0400. The van der Waals surface area contributed by atoms with Gasteiger partial charge in [-0.3, -0.25) is 4.99 Å². The molecule has 2 heterocycles. The van der Waals surface area contributed by atoms with E-state index in [1.54, 1.807) is 0 Å². The number of rotatable bonds is 3. The zero-order valence-corrected chi connectivity index (χ0v) is 14.8. The largest absolute Gasteiger partial charge is 0.381 e. The van der Waals surface area contributed by atoms with Crippen molar-refractivity contribution < 1.29 is 4.74 Å². The first-order valence-corrected chi connectivity index (χ1v) is 7.18. The standard InChI is InChI=1S/C14H27N3O.HI/c1-12(2)4-7-16-13(15-3)17-8-5-14(10-17)6-9-18-11-14;/h12H,4-11H2,1-3H3,(H,15,16);1H. The predicted molar refractivity (Wildman–Crippen MR) is 90.3 cm³/mol. The minimum absolute atomic E-state index is 0. The van der Waals surface area contributed by atoms with E-state index in [1.165, 1.54) is 19.3 Å². The van der Waals surface area contributed by atoms with E-state index in [0.29, 0.717) is 5.41 Å². The van der Waals surface area contributed by atoms with Crippen LogP contribution in [0, 0.1) is 11.3 Å². The number of hydrogen-bond donors (Lipinski definition) is 1. The second kappa shape index (κ2) is 7.67. The smallest absolute Gasteiger partial charge is 0.193 e. The average molecular weight is 381 g/mol. The number of hydrogen-bond acceptors (Lipinski definition) is 2. The number of nitrogens with one attached hydrogen (secondary N) is 1. The van der Waals surface area contributed by atoms with Gasteiger partial charge in [0, 0.05) is 38.7 Å². The Morgan fingerprint density at radius 2 is 2.21 bits per heavy atom. The van der Waals surface area contributed by atoms with Gasteiger partial charge in [0.05, 0.1) is 6.61 Å². The van der Waals surface area contributed by atoms with Gasteiger partial charge >= 0.3 is 0 Å². The zero-order chi connectivity index (χ0) is 13.0. The third-order valence-electron chi connectivity index (χ3n) is 4.14. The van der Waals surface area contributed by atoms with Crippen molar-refractivity contribution in [3.05, 3.63) is 0 Å². The van der Waals surface area contributed by atoms with Crippen molar-refractivity contribution in [2.75, 3.05) is 39.9 Å². The highest BCUT2D eigenvalue weighted by atomic mass is 127. The molecule has 2 fully saturated rings. The molecule has 2 aliphatic rings. The van der Waals surface area contributed by atoms with Gasteiger partial charge < -0.3 is 15.0 Å². The van der Waals surface area contributed by atoms with Gasteiger partial charge in [-0.05, 0) is 25.2 Å². The maximum absolute atomic E-state index is 5.57. The van der Waals surface area contributed by atoms with Crippen molar-refractivity contribution in [3.63, 3.8) is 0 Å². The Morgan fingerprint density at radius 1 is 1.42 bits per heavy atom. The van der Waals surface area contributed by atoms with Crippen LogP contribution in [-0.2, 0) is 4.74 Å². The minimum Gasteiger partial charge on any atom is -0.381 e. The highest BCUT2D eigenvalue weighted by Crippen LogP contribution is 2.38. The lowest BCUT2D eigenvalue weighted by molar-refractivity contribution is 0.156. The van der Waals surface area contributed by atoms with Gasteiger partial charge in [-0.15, -0.1) is 24.0 Å². The molecular formula is C14H28IN3O. The van der Waals surface area contributed by atoms with Gasteiger partial charge in [0.2, 0.25) is 0 Å². The maximum Gasteiger partial charge on any atom is 0.193 e. The third kappa shape index (κ3) is 4.48. The fourth-order valence-electron chi connectivity index (χ4n) is 2.89. The van der Waals surface area contributed by atoms with E-state index < -0.39 is 0 Å². The Kier molecular flexibility index (Phi) is 6.86. The summed E-state index contributed by atoms with van der Waals surface area (Å²) >= 11 is 0. The summed E-state index contributed by atoms with van der Waals surface area (Å²) in [6.07, 6.45) is 3.66. The van der Waals surface area contributed by atoms with Crippen molar-refractivity contribution in [2.45, 2.75) is 33.1 Å². The van der Waals surface area contributed by atoms with Gasteiger partial charge in [-0.2, -0.15) is 0 Å². The van der Waals surface area contributed by atoms with Gasteiger partial charge in [-0.1, -0.05) is 13.8 Å². The molecule has 112 valence electrons. The van der Waals surface area contributed by atoms with E-state index in [-0.39, 0.29) is 24.0 Å². The van der Waals surface area contributed by atoms with Crippen LogP contribution in [0.4, 0.5) is 0 Å². The molecule has 1 atom stereocenters. The highest BCUT2D eigenvalue weighted by molar-refractivity contribution is 14.0. The normalized spacial score (nSPS) is 27.2. The molecule has 4 nitrogen and oxygen atoms in total. The molecule has 1 spiro atoms. The Morgan fingerprint density at radius 3 is 2.79 bits per heavy atom. The molecule has 0 saturated carbocycles. The van der Waals surface area contributed by atoms with Crippen LogP contribution in [-0.4, -0.2) is 50.8 Å². The SMILES string of the molecule is CN=C(NCCC(C)C)N1CCC2(CCOC2)C1.I. The first kappa shape index (κ1) is 17.0. The van der Waals surface area contributed by atoms with E-state index >= 15 is 0 Å². The fourth-order valence-corrected chi connectivity index (χ4v) is 2.89. The molecule has 5 heteroatoms. The quantitative estimate of drug-likeness (QED) is 0.463. The summed E-state index contributed by atoms with van der Waals surface area (Å²) in [5.74, 6) is 1.81. The molecule has 0 aromatic carbocycles. The first-order valence-electron chi connectivity index (χ1n) is 7.18. The van der Waals surface area contributed by atoms with Crippen LogP contribution < -0.4 is 5.32 Å². The summed E-state index contributed by atoms with van der Waals surface area (Å²) in [7, 11) is 1.88. The second-order valence-electron chi connectivity index (χ2n) is 6.13. The summed E-state index contributed by atoms with van der Waals surface area (Å²) < 4.78 is 5.57. The third-order valence-corrected chi connectivity index (χ3v) is 4.14. The van der Waals surface area contributed by atoms with E-state index in [0.717, 1.165) is 44.7 Å². The Bertz CT molecular complexity index is 301. The molecule has 0 aromatic rings. The summed E-state index contributed by atoms with van der Waals surface area (Å²) in [4.78, 5) is 6.81. The second-order valence-corrected chi connectivity index (χ2v) is 6.13. The molecule has 0 aromatic heterocycles. The van der Waals surface area contributed by atoms with E-state index in [4.69, 9.17) is 4.74 Å². The summed E-state index contributed by atoms with van der Waals surface area (Å²) in [5.41, 5.74) is 0.412. The highest BCUT2D eigenvalue weighted by Gasteiger charge is 2.42. The van der Waals surface area contributed by atoms with Crippen LogP contribution in [0.15, 0.2) is 4.99 Å². The molecule has 2 saturated heterocycles. The number of likely N-dealkylation sites (tertiary alicyclic amines) is 1. The van der Waals surface area contributed by atoms with Crippen molar-refractivity contribution >= 4 is 29.9 Å². The van der Waals surface area contributed by atoms with E-state index in [9.17, 15) is 0 Å². The lowest BCUT2D eigenvalue weighted by atomic mass is 9.87. The maximum atomic E-state index is 5.57. The van der Waals surface area contributed by atoms with Crippen LogP contribution in [0.5, 0.6) is 0 Å². The van der Waals surface area contributed by atoms with E-state index in [1.807, 2.05) is 7.05 Å². The number of halogens is 1. The number of ether oxygens (including phenoxy) is 1. The summed E-state index contributed by atoms with van der Waals surface area (Å²) in [6.45, 7) is 9.62. The minimum atomic E-state index is 0. The Labute approximate surface area is 134 Å². The summed E-state index contributed by atoms with van der Waals surface area (Å²) in [6, 6.07) is 0. The molecule has 0 amide bonds. The fraction of sp³-hybridized carbons (Fsp3) is 0.929. The molecule has 0 bridgehead atoms. The molecule has 0 radical (unpaired) electrons. The van der Waals surface area contributed by atoms with Gasteiger partial charge in [0.15, 0.2) is 5.96 Å². The van der Waals surface area contributed by atoms with Crippen molar-refractivity contribution in [1.82, 2.24) is 10.2 Å². The molecular weight excluding hydrogens is 353 g/mol. The predicted octanol–water partition coefficient (Wildman–Crippen LogP) is 2.34. The number of nitrogens with zero attached hydrogens (tertiary/aromatic N) is 2. The molecule has 2 aliphatic heterocycles. The van der Waals surface area contributed by atoms with Crippen LogP contribution in [0.3, 0.4) is 0 Å². The number of guanidine groups is 1. The van der Waals surface area contributed by atoms with Crippen LogP contribution in [0.1, 0.15) is 33.1 Å². The van der Waals surface area contributed by atoms with Crippen molar-refractivity contribution in [1.29, 1.82) is 0 Å². The van der Waals surface area contributed by atoms with Gasteiger partial charge in [-0.25, -0.2) is 0 Å². The summed E-state index contributed by atoms with van der Waals surface area (Å²) in [5, 5.41) is 3.48. The zero-order valence-electron chi connectivity index (χ0n) is 12.4. The molecule has 2 rings (SSSR count). The molecule has 1 N–H and O–H groups in total. The van der Waals surface area contributed by atoms with Crippen LogP contribution in [0.2, 0.25) is 0 Å². The van der Waals surface area contributed by atoms with Crippen molar-refractivity contribution in [2.24, 2.45) is 16.3 Å². The van der Waals surface area contributed by atoms with Crippen LogP contribution >= 0.6 is 24.0 Å². The van der Waals surface area contributed by atoms with Gasteiger partial charge in [0.1, 0.15) is 0 Å². The molecule has 19 heavy (non-hydrogen) atoms. The topological polar surface area (TPSA) is 36.9 Å².